The molecule has 0 spiro atoms. The Labute approximate surface area is 238 Å². The van der Waals surface area contributed by atoms with Crippen molar-refractivity contribution < 1.29 is 0 Å². The van der Waals surface area contributed by atoms with Gasteiger partial charge in [-0.15, -0.1) is 16.5 Å². The highest BCUT2D eigenvalue weighted by Gasteiger charge is 2.26. The van der Waals surface area contributed by atoms with E-state index in [9.17, 15) is 0 Å². The molecule has 5 nitrogen and oxygen atoms in total. The zero-order valence-corrected chi connectivity index (χ0v) is 22.2. The van der Waals surface area contributed by atoms with Gasteiger partial charge in [-0.25, -0.2) is 0 Å². The van der Waals surface area contributed by atoms with E-state index in [4.69, 9.17) is 11.6 Å². The third-order valence-corrected chi connectivity index (χ3v) is 8.87. The summed E-state index contributed by atoms with van der Waals surface area (Å²) in [5, 5.41) is 10.6. The van der Waals surface area contributed by atoms with E-state index in [1.165, 1.54) is 59.6 Å². The molecule has 4 heterocycles. The number of para-hydroxylation sites is 3. The van der Waals surface area contributed by atoms with Crippen LogP contribution in [-0.2, 0) is 0 Å². The largest absolute Gasteiger partial charge is 0.394 e. The van der Waals surface area contributed by atoms with Gasteiger partial charge in [0, 0.05) is 32.3 Å². The summed E-state index contributed by atoms with van der Waals surface area (Å²) < 4.78 is 4.69. The molecule has 0 atom stereocenters. The lowest BCUT2D eigenvalue weighted by atomic mass is 9.99. The van der Waals surface area contributed by atoms with E-state index >= 15 is 0 Å². The number of aromatic nitrogens is 4. The molecule has 10 aromatic rings. The highest BCUT2D eigenvalue weighted by molar-refractivity contribution is 6.38. The maximum atomic E-state index is 7.79. The Morgan fingerprint density at radius 1 is 0.524 bits per heavy atom. The van der Waals surface area contributed by atoms with Crippen LogP contribution in [0.3, 0.4) is 0 Å². The molecule has 0 bridgehead atoms. The topological polar surface area (TPSA) is 39.5 Å². The second kappa shape index (κ2) is 7.60. The van der Waals surface area contributed by atoms with Crippen molar-refractivity contribution in [1.82, 2.24) is 18.9 Å². The lowest BCUT2D eigenvalue weighted by Crippen LogP contribution is -2.00. The monoisotopic (exact) mass is 533 g/mol. The fraction of sp³-hybridized carbons (Fsp3) is 0. The quantitative estimate of drug-likeness (QED) is 0.197. The molecule has 0 N–H and O–H groups in total. The van der Waals surface area contributed by atoms with E-state index in [1.54, 1.807) is 0 Å². The van der Waals surface area contributed by atoms with Crippen LogP contribution in [-0.4, -0.2) is 18.9 Å². The van der Waals surface area contributed by atoms with E-state index in [-0.39, 0.29) is 5.95 Å². The minimum atomic E-state index is 0.145. The SMILES string of the molecule is [C-]#[N+]c1nc(-n2c3ccc4ccccc4c3c3c4c5ccccc5n5c6ccccc6c(cc32)c45)c2ccccc2n1. The molecular weight excluding hydrogens is 514 g/mol. The fourth-order valence-electron chi connectivity index (χ4n) is 7.27. The highest BCUT2D eigenvalue weighted by Crippen LogP contribution is 2.48. The molecule has 5 heteroatoms. The Morgan fingerprint density at radius 2 is 1.21 bits per heavy atom. The van der Waals surface area contributed by atoms with Gasteiger partial charge in [0.15, 0.2) is 0 Å². The minimum Gasteiger partial charge on any atom is -0.394 e. The van der Waals surface area contributed by atoms with Crippen molar-refractivity contribution in [2.24, 2.45) is 0 Å². The molecule has 0 saturated carbocycles. The Balaban J connectivity index is 1.58. The zero-order valence-electron chi connectivity index (χ0n) is 22.2. The first-order chi connectivity index (χ1) is 20.8. The molecule has 0 aliphatic rings. The Morgan fingerprint density at radius 3 is 2.05 bits per heavy atom. The third-order valence-electron chi connectivity index (χ3n) is 8.87. The Kier molecular flexibility index (Phi) is 3.94. The van der Waals surface area contributed by atoms with Gasteiger partial charge in [0.2, 0.25) is 5.82 Å². The molecule has 6 aromatic carbocycles. The number of hydrogen-bond acceptors (Lipinski definition) is 2. The molecule has 42 heavy (non-hydrogen) atoms. The molecule has 0 aliphatic carbocycles. The maximum absolute atomic E-state index is 7.79. The van der Waals surface area contributed by atoms with Crippen LogP contribution < -0.4 is 0 Å². The van der Waals surface area contributed by atoms with Gasteiger partial charge in [-0.2, -0.15) is 0 Å². The van der Waals surface area contributed by atoms with Gasteiger partial charge in [-0.3, -0.25) is 4.57 Å². The second-order valence-electron chi connectivity index (χ2n) is 10.9. The van der Waals surface area contributed by atoms with Crippen molar-refractivity contribution in [3.8, 4) is 5.82 Å². The van der Waals surface area contributed by atoms with Crippen molar-refractivity contribution >= 4 is 87.5 Å². The van der Waals surface area contributed by atoms with Crippen LogP contribution in [0.4, 0.5) is 5.95 Å². The van der Waals surface area contributed by atoms with Gasteiger partial charge in [0.05, 0.1) is 33.0 Å². The van der Waals surface area contributed by atoms with E-state index in [1.807, 2.05) is 18.2 Å². The summed E-state index contributed by atoms with van der Waals surface area (Å²) in [4.78, 5) is 13.1. The number of rotatable bonds is 1. The average Bonchev–Trinajstić information content (AvgIpc) is 3.68. The molecule has 10 rings (SSSR count). The van der Waals surface area contributed by atoms with Gasteiger partial charge >= 0.3 is 5.95 Å². The third kappa shape index (κ3) is 2.53. The van der Waals surface area contributed by atoms with E-state index in [0.29, 0.717) is 0 Å². The summed E-state index contributed by atoms with van der Waals surface area (Å²) in [5.41, 5.74) is 6.55. The molecule has 0 radical (unpaired) electrons. The molecular formula is C37H19N5. The second-order valence-corrected chi connectivity index (χ2v) is 10.9. The van der Waals surface area contributed by atoms with Crippen molar-refractivity contribution in [2.45, 2.75) is 0 Å². The van der Waals surface area contributed by atoms with E-state index in [2.05, 4.69) is 116 Å². The first-order valence-corrected chi connectivity index (χ1v) is 14.0. The zero-order chi connectivity index (χ0) is 27.5. The molecule has 4 aromatic heterocycles. The van der Waals surface area contributed by atoms with E-state index < -0.39 is 0 Å². The Bertz CT molecular complexity index is 2810. The summed E-state index contributed by atoms with van der Waals surface area (Å²) >= 11 is 0. The normalized spacial score (nSPS) is 12.3. The minimum absolute atomic E-state index is 0.145. The highest BCUT2D eigenvalue weighted by atomic mass is 15.1. The number of nitrogens with zero attached hydrogens (tertiary/aromatic N) is 5. The number of hydrogen-bond donors (Lipinski definition) is 0. The fourth-order valence-corrected chi connectivity index (χ4v) is 7.27. The maximum Gasteiger partial charge on any atom is 0.374 e. The van der Waals surface area contributed by atoms with E-state index in [0.717, 1.165) is 27.8 Å². The van der Waals surface area contributed by atoms with Crippen molar-refractivity contribution in [2.75, 3.05) is 0 Å². The summed E-state index contributed by atoms with van der Waals surface area (Å²) in [6, 6.07) is 40.7. The van der Waals surface area contributed by atoms with Gasteiger partial charge in [-0.1, -0.05) is 78.9 Å². The average molecular weight is 534 g/mol. The molecule has 0 aliphatic heterocycles. The molecule has 0 unspecified atom stereocenters. The predicted molar refractivity (Wildman–Crippen MR) is 172 cm³/mol. The number of benzene rings is 6. The van der Waals surface area contributed by atoms with Gasteiger partial charge in [-0.05, 0) is 47.2 Å². The lowest BCUT2D eigenvalue weighted by molar-refractivity contribution is 1.09. The van der Waals surface area contributed by atoms with Crippen LogP contribution in [0, 0.1) is 6.57 Å². The summed E-state index contributed by atoms with van der Waals surface area (Å²) in [6.45, 7) is 7.79. The lowest BCUT2D eigenvalue weighted by Gasteiger charge is -2.08. The predicted octanol–water partition coefficient (Wildman–Crippen LogP) is 9.58. The molecule has 0 amide bonds. The summed E-state index contributed by atoms with van der Waals surface area (Å²) in [7, 11) is 0. The van der Waals surface area contributed by atoms with Crippen LogP contribution in [0.2, 0.25) is 0 Å². The molecule has 0 saturated heterocycles. The summed E-state index contributed by atoms with van der Waals surface area (Å²) in [6.07, 6.45) is 0. The van der Waals surface area contributed by atoms with Gasteiger partial charge in [0.25, 0.3) is 0 Å². The van der Waals surface area contributed by atoms with Crippen LogP contribution in [0.15, 0.2) is 115 Å². The smallest absolute Gasteiger partial charge is 0.374 e. The van der Waals surface area contributed by atoms with Crippen LogP contribution >= 0.6 is 0 Å². The van der Waals surface area contributed by atoms with Crippen LogP contribution in [0.5, 0.6) is 0 Å². The standard InChI is InChI=1S/C37H19N5/c1-38-37-39-27-15-7-4-13-24(27)36(40-37)42-30-19-18-21-10-2-3-11-22(21)32(30)34-31(42)20-26-23-12-5-8-16-28(23)41-29-17-9-6-14-25(29)33(34)35(26)41/h2-20H. The van der Waals surface area contributed by atoms with Gasteiger partial charge in [0.1, 0.15) is 5.52 Å². The Hall–Kier alpha value is -5.99. The molecule has 192 valence electrons. The summed E-state index contributed by atoms with van der Waals surface area (Å²) in [5.74, 6) is 0.871. The first kappa shape index (κ1) is 21.8. The first-order valence-electron chi connectivity index (χ1n) is 14.0. The van der Waals surface area contributed by atoms with Crippen molar-refractivity contribution in [3.05, 3.63) is 127 Å². The van der Waals surface area contributed by atoms with Crippen LogP contribution in [0.1, 0.15) is 0 Å². The molecule has 0 fully saturated rings. The van der Waals surface area contributed by atoms with Crippen molar-refractivity contribution in [1.29, 1.82) is 0 Å². The number of fused-ring (bicyclic) bond motifs is 13. The van der Waals surface area contributed by atoms with Gasteiger partial charge < -0.3 is 9.25 Å². The van der Waals surface area contributed by atoms with Crippen LogP contribution in [0.25, 0.3) is 92.2 Å². The van der Waals surface area contributed by atoms with Crippen molar-refractivity contribution in [3.63, 3.8) is 0 Å².